The summed E-state index contributed by atoms with van der Waals surface area (Å²) in [6, 6.07) is 10.5. The van der Waals surface area contributed by atoms with Gasteiger partial charge in [-0.2, -0.15) is 0 Å². The maximum atomic E-state index is 13.3. The molecule has 1 aromatic heterocycles. The number of nitrogens with zero attached hydrogens (tertiary/aromatic N) is 3. The first kappa shape index (κ1) is 27.5. The van der Waals surface area contributed by atoms with E-state index in [1.54, 1.807) is 12.1 Å². The minimum atomic E-state index is -3.68. The van der Waals surface area contributed by atoms with Crippen molar-refractivity contribution in [2.75, 3.05) is 43.1 Å². The summed E-state index contributed by atoms with van der Waals surface area (Å²) in [7, 11) is -7.06. The summed E-state index contributed by atoms with van der Waals surface area (Å²) in [6.45, 7) is 6.59. The number of sulfone groups is 2. The van der Waals surface area contributed by atoms with Crippen molar-refractivity contribution in [3.8, 4) is 0 Å². The molecule has 0 aliphatic carbocycles. The number of amides is 1. The van der Waals surface area contributed by atoms with Gasteiger partial charge in [-0.15, -0.1) is 0 Å². The Kier molecular flexibility index (Phi) is 8.92. The minimum absolute atomic E-state index is 0.109. The maximum absolute atomic E-state index is 13.3. The third kappa shape index (κ3) is 7.01. The fourth-order valence-electron chi connectivity index (χ4n) is 3.46. The van der Waals surface area contributed by atoms with Crippen LogP contribution in [0.25, 0.3) is 10.2 Å². The van der Waals surface area contributed by atoms with Gasteiger partial charge >= 0.3 is 0 Å². The van der Waals surface area contributed by atoms with Crippen molar-refractivity contribution < 1.29 is 21.6 Å². The molecule has 8 nitrogen and oxygen atoms in total. The van der Waals surface area contributed by atoms with E-state index in [2.05, 4.69) is 9.88 Å². The van der Waals surface area contributed by atoms with Gasteiger partial charge in [0.05, 0.1) is 25.8 Å². The molecule has 1 heterocycles. The third-order valence-corrected chi connectivity index (χ3v) is 9.74. The Balaban J connectivity index is 1.87. The molecule has 3 aromatic rings. The van der Waals surface area contributed by atoms with Crippen molar-refractivity contribution in [2.24, 2.45) is 0 Å². The van der Waals surface area contributed by atoms with Crippen LogP contribution in [0.15, 0.2) is 52.3 Å². The SMILES string of the molecule is CCN(CC)CCN(C(=O)CCS(=O)(=O)c1ccc(Cl)cc1)c1nc2ccc(S(C)(=O)=O)cc2s1. The molecule has 190 valence electrons. The van der Waals surface area contributed by atoms with Crippen LogP contribution in [0.4, 0.5) is 5.13 Å². The van der Waals surface area contributed by atoms with Crippen molar-refractivity contribution >= 4 is 63.9 Å². The van der Waals surface area contributed by atoms with Gasteiger partial charge in [-0.05, 0) is 55.6 Å². The van der Waals surface area contributed by atoms with Gasteiger partial charge in [-0.3, -0.25) is 9.69 Å². The fraction of sp³-hybridized carbons (Fsp3) is 0.391. The summed E-state index contributed by atoms with van der Waals surface area (Å²) in [5.41, 5.74) is 0.576. The van der Waals surface area contributed by atoms with Gasteiger partial charge in [0.1, 0.15) is 0 Å². The minimum Gasteiger partial charge on any atom is -0.302 e. The van der Waals surface area contributed by atoms with E-state index in [4.69, 9.17) is 11.6 Å². The first-order valence-corrected chi connectivity index (χ1v) is 15.8. The predicted molar refractivity (Wildman–Crippen MR) is 141 cm³/mol. The van der Waals surface area contributed by atoms with Gasteiger partial charge in [0, 0.05) is 30.8 Å². The molecule has 12 heteroatoms. The lowest BCUT2D eigenvalue weighted by Gasteiger charge is -2.24. The van der Waals surface area contributed by atoms with Crippen LogP contribution in [-0.4, -0.2) is 70.8 Å². The van der Waals surface area contributed by atoms with E-state index in [1.165, 1.54) is 46.6 Å². The highest BCUT2D eigenvalue weighted by Crippen LogP contribution is 2.31. The summed E-state index contributed by atoms with van der Waals surface area (Å²) in [5.74, 6) is -0.713. The monoisotopic (exact) mass is 557 g/mol. The van der Waals surface area contributed by atoms with Crippen LogP contribution < -0.4 is 4.90 Å². The average molecular weight is 558 g/mol. The Hall–Kier alpha value is -2.05. The van der Waals surface area contributed by atoms with Gasteiger partial charge in [-0.25, -0.2) is 21.8 Å². The summed E-state index contributed by atoms with van der Waals surface area (Å²) in [4.78, 5) is 21.7. The molecule has 35 heavy (non-hydrogen) atoms. The van der Waals surface area contributed by atoms with E-state index in [0.717, 1.165) is 19.3 Å². The van der Waals surface area contributed by atoms with E-state index in [0.29, 0.717) is 33.5 Å². The van der Waals surface area contributed by atoms with Crippen LogP contribution in [-0.2, 0) is 24.5 Å². The second-order valence-electron chi connectivity index (χ2n) is 7.99. The van der Waals surface area contributed by atoms with Crippen LogP contribution in [0.3, 0.4) is 0 Å². The lowest BCUT2D eigenvalue weighted by molar-refractivity contribution is -0.118. The standard InChI is InChI=1S/C23H28ClN3O5S3/c1-4-26(5-2)13-14-27(22(28)12-15-35(31,32)18-8-6-17(24)7-9-18)23-25-20-11-10-19(34(3,29)30)16-21(20)33-23/h6-11,16H,4-5,12-15H2,1-3H3. The lowest BCUT2D eigenvalue weighted by Crippen LogP contribution is -2.39. The number of anilines is 1. The number of aromatic nitrogens is 1. The molecular weight excluding hydrogens is 530 g/mol. The van der Waals surface area contributed by atoms with Crippen molar-refractivity contribution in [1.29, 1.82) is 0 Å². The number of carbonyl (C=O) groups excluding carboxylic acids is 1. The number of hydrogen-bond donors (Lipinski definition) is 0. The molecule has 0 saturated carbocycles. The summed E-state index contributed by atoms with van der Waals surface area (Å²) in [5, 5.41) is 0.837. The molecule has 0 bridgehead atoms. The summed E-state index contributed by atoms with van der Waals surface area (Å²) in [6.07, 6.45) is 0.922. The second kappa shape index (κ2) is 11.3. The second-order valence-corrected chi connectivity index (χ2v) is 13.6. The summed E-state index contributed by atoms with van der Waals surface area (Å²) < 4.78 is 50.0. The number of likely N-dealkylation sites (N-methyl/N-ethyl adjacent to an activating group) is 1. The van der Waals surface area contributed by atoms with Crippen LogP contribution in [0.1, 0.15) is 20.3 Å². The molecule has 0 radical (unpaired) electrons. The normalized spacial score (nSPS) is 12.4. The number of thiazole rings is 1. The highest BCUT2D eigenvalue weighted by molar-refractivity contribution is 7.91. The summed E-state index contributed by atoms with van der Waals surface area (Å²) >= 11 is 7.06. The van der Waals surface area contributed by atoms with Crippen LogP contribution >= 0.6 is 22.9 Å². The Morgan fingerprint density at radius 2 is 1.60 bits per heavy atom. The zero-order valence-electron chi connectivity index (χ0n) is 19.8. The van der Waals surface area contributed by atoms with E-state index in [-0.39, 0.29) is 27.9 Å². The molecule has 0 fully saturated rings. The van der Waals surface area contributed by atoms with E-state index < -0.39 is 19.7 Å². The first-order valence-electron chi connectivity index (χ1n) is 11.1. The molecule has 2 aromatic carbocycles. The van der Waals surface area contributed by atoms with Crippen LogP contribution in [0.2, 0.25) is 5.02 Å². The fourth-order valence-corrected chi connectivity index (χ4v) is 6.59. The first-order chi connectivity index (χ1) is 16.4. The average Bonchev–Trinajstić information content (AvgIpc) is 3.23. The quantitative estimate of drug-likeness (QED) is 0.352. The van der Waals surface area contributed by atoms with Gasteiger partial charge < -0.3 is 4.90 Å². The van der Waals surface area contributed by atoms with Crippen molar-refractivity contribution in [3.05, 3.63) is 47.5 Å². The van der Waals surface area contributed by atoms with E-state index >= 15 is 0 Å². The number of fused-ring (bicyclic) bond motifs is 1. The van der Waals surface area contributed by atoms with Gasteiger partial charge in [0.2, 0.25) is 5.91 Å². The predicted octanol–water partition coefficient (Wildman–Crippen LogP) is 3.89. The highest BCUT2D eigenvalue weighted by atomic mass is 35.5. The molecular formula is C23H28ClN3O5S3. The highest BCUT2D eigenvalue weighted by Gasteiger charge is 2.24. The number of halogens is 1. The molecule has 0 aliphatic heterocycles. The lowest BCUT2D eigenvalue weighted by atomic mass is 10.3. The zero-order chi connectivity index (χ0) is 25.8. The van der Waals surface area contributed by atoms with E-state index in [1.807, 2.05) is 13.8 Å². The number of hydrogen-bond acceptors (Lipinski definition) is 8. The molecule has 0 spiro atoms. The largest absolute Gasteiger partial charge is 0.302 e. The zero-order valence-corrected chi connectivity index (χ0v) is 23.0. The van der Waals surface area contributed by atoms with Crippen molar-refractivity contribution in [2.45, 2.75) is 30.1 Å². The molecule has 1 amide bonds. The Bertz CT molecular complexity index is 1400. The molecule has 0 atom stereocenters. The molecule has 3 rings (SSSR count). The Morgan fingerprint density at radius 3 is 2.20 bits per heavy atom. The third-order valence-electron chi connectivity index (χ3n) is 5.60. The molecule has 0 saturated heterocycles. The smallest absolute Gasteiger partial charge is 0.229 e. The number of rotatable bonds is 11. The molecule has 0 N–H and O–H groups in total. The van der Waals surface area contributed by atoms with E-state index in [9.17, 15) is 21.6 Å². The Labute approximate surface area is 215 Å². The van der Waals surface area contributed by atoms with Crippen LogP contribution in [0.5, 0.6) is 0 Å². The molecule has 0 unspecified atom stereocenters. The van der Waals surface area contributed by atoms with Crippen molar-refractivity contribution in [3.63, 3.8) is 0 Å². The van der Waals surface area contributed by atoms with Gasteiger partial charge in [-0.1, -0.05) is 36.8 Å². The van der Waals surface area contributed by atoms with Gasteiger partial charge in [0.25, 0.3) is 0 Å². The van der Waals surface area contributed by atoms with Crippen LogP contribution in [0, 0.1) is 0 Å². The number of carbonyl (C=O) groups is 1. The number of benzene rings is 2. The Morgan fingerprint density at radius 1 is 0.971 bits per heavy atom. The molecule has 0 aliphatic rings. The topological polar surface area (TPSA) is 105 Å². The van der Waals surface area contributed by atoms with Gasteiger partial charge in [0.15, 0.2) is 24.8 Å². The van der Waals surface area contributed by atoms with Crippen molar-refractivity contribution in [1.82, 2.24) is 9.88 Å². The maximum Gasteiger partial charge on any atom is 0.229 e.